The van der Waals surface area contributed by atoms with Crippen molar-refractivity contribution in [1.82, 2.24) is 15.1 Å². The number of nitrogens with zero attached hydrogens (tertiary/aromatic N) is 2. The number of unbranched alkanes of at least 4 members (excludes halogenated alkanes) is 3. The highest BCUT2D eigenvalue weighted by atomic mass is 35.5. The SMILES string of the molecule is Cl.NCCCCCCC(=O)NCCc1cnn(-c2ccccc2)c1. The second kappa shape index (κ2) is 11.6. The molecule has 0 aliphatic rings. The van der Waals surface area contributed by atoms with Gasteiger partial charge in [-0.15, -0.1) is 12.4 Å². The molecule has 0 spiro atoms. The lowest BCUT2D eigenvalue weighted by atomic mass is 10.1. The van der Waals surface area contributed by atoms with Crippen LogP contribution in [0.4, 0.5) is 0 Å². The number of hydrogen-bond acceptors (Lipinski definition) is 3. The molecule has 6 heteroatoms. The number of hydrogen-bond donors (Lipinski definition) is 2. The van der Waals surface area contributed by atoms with Gasteiger partial charge in [0.05, 0.1) is 11.9 Å². The number of amides is 1. The molecular weight excluding hydrogens is 324 g/mol. The molecular formula is C18H27ClN4O. The number of para-hydroxylation sites is 1. The van der Waals surface area contributed by atoms with E-state index in [1.54, 1.807) is 0 Å². The summed E-state index contributed by atoms with van der Waals surface area (Å²) in [5.41, 5.74) is 7.61. The van der Waals surface area contributed by atoms with Crippen molar-refractivity contribution in [2.24, 2.45) is 5.73 Å². The Kier molecular flexibility index (Phi) is 9.80. The van der Waals surface area contributed by atoms with Crippen LogP contribution < -0.4 is 11.1 Å². The summed E-state index contributed by atoms with van der Waals surface area (Å²) in [5.74, 6) is 0.133. The monoisotopic (exact) mass is 350 g/mol. The van der Waals surface area contributed by atoms with Gasteiger partial charge >= 0.3 is 0 Å². The second-order valence-corrected chi connectivity index (χ2v) is 5.68. The van der Waals surface area contributed by atoms with Crippen molar-refractivity contribution in [2.45, 2.75) is 38.5 Å². The van der Waals surface area contributed by atoms with Gasteiger partial charge in [0.25, 0.3) is 0 Å². The molecule has 0 radical (unpaired) electrons. The van der Waals surface area contributed by atoms with Crippen LogP contribution in [0, 0.1) is 0 Å². The Labute approximate surface area is 150 Å². The first-order valence-corrected chi connectivity index (χ1v) is 8.35. The molecule has 3 N–H and O–H groups in total. The molecule has 132 valence electrons. The van der Waals surface area contributed by atoms with Crippen LogP contribution in [-0.4, -0.2) is 28.8 Å². The highest BCUT2D eigenvalue weighted by molar-refractivity contribution is 5.85. The molecule has 1 heterocycles. The average Bonchev–Trinajstić information content (AvgIpc) is 3.04. The molecule has 1 aromatic carbocycles. The van der Waals surface area contributed by atoms with Crippen LogP contribution in [0.5, 0.6) is 0 Å². The van der Waals surface area contributed by atoms with Gasteiger partial charge in [-0.05, 0) is 43.5 Å². The van der Waals surface area contributed by atoms with Crippen LogP contribution in [0.15, 0.2) is 42.7 Å². The third kappa shape index (κ3) is 7.15. The lowest BCUT2D eigenvalue weighted by Crippen LogP contribution is -2.25. The van der Waals surface area contributed by atoms with Crippen molar-refractivity contribution >= 4 is 18.3 Å². The summed E-state index contributed by atoms with van der Waals surface area (Å²) in [6.45, 7) is 1.39. The van der Waals surface area contributed by atoms with Gasteiger partial charge in [0.2, 0.25) is 5.91 Å². The minimum absolute atomic E-state index is 0. The van der Waals surface area contributed by atoms with Crippen LogP contribution in [0.1, 0.15) is 37.7 Å². The molecule has 0 aliphatic carbocycles. The fourth-order valence-corrected chi connectivity index (χ4v) is 2.43. The fourth-order valence-electron chi connectivity index (χ4n) is 2.43. The maximum Gasteiger partial charge on any atom is 0.220 e. The van der Waals surface area contributed by atoms with Crippen LogP contribution in [0.2, 0.25) is 0 Å². The smallest absolute Gasteiger partial charge is 0.220 e. The maximum absolute atomic E-state index is 11.7. The zero-order chi connectivity index (χ0) is 16.3. The molecule has 0 atom stereocenters. The summed E-state index contributed by atoms with van der Waals surface area (Å²) >= 11 is 0. The normalized spacial score (nSPS) is 10.2. The third-order valence-corrected chi connectivity index (χ3v) is 3.75. The molecule has 0 bridgehead atoms. The van der Waals surface area contributed by atoms with E-state index < -0.39 is 0 Å². The fraction of sp³-hybridized carbons (Fsp3) is 0.444. The predicted octanol–water partition coefficient (Wildman–Crippen LogP) is 2.86. The predicted molar refractivity (Wildman–Crippen MR) is 99.7 cm³/mol. The Morgan fingerprint density at radius 3 is 2.62 bits per heavy atom. The van der Waals surface area contributed by atoms with Crippen molar-refractivity contribution in [2.75, 3.05) is 13.1 Å². The number of carbonyl (C=O) groups is 1. The van der Waals surface area contributed by atoms with Crippen LogP contribution in [0.3, 0.4) is 0 Å². The van der Waals surface area contributed by atoms with Crippen molar-refractivity contribution in [1.29, 1.82) is 0 Å². The van der Waals surface area contributed by atoms with Gasteiger partial charge in [-0.1, -0.05) is 31.0 Å². The number of carbonyl (C=O) groups excluding carboxylic acids is 1. The average molecular weight is 351 g/mol. The molecule has 2 rings (SSSR count). The zero-order valence-corrected chi connectivity index (χ0v) is 14.8. The zero-order valence-electron chi connectivity index (χ0n) is 14.0. The van der Waals surface area contributed by atoms with E-state index in [0.717, 1.165) is 49.9 Å². The van der Waals surface area contributed by atoms with E-state index in [1.807, 2.05) is 47.4 Å². The number of nitrogens with one attached hydrogen (secondary N) is 1. The van der Waals surface area contributed by atoms with E-state index in [0.29, 0.717) is 13.0 Å². The Bertz CT molecular complexity index is 586. The van der Waals surface area contributed by atoms with Crippen molar-refractivity contribution in [3.8, 4) is 5.69 Å². The van der Waals surface area contributed by atoms with Gasteiger partial charge in [-0.25, -0.2) is 4.68 Å². The van der Waals surface area contributed by atoms with Crippen LogP contribution in [-0.2, 0) is 11.2 Å². The van der Waals surface area contributed by atoms with Crippen LogP contribution in [0.25, 0.3) is 5.69 Å². The quantitative estimate of drug-likeness (QED) is 0.647. The highest BCUT2D eigenvalue weighted by Crippen LogP contribution is 2.08. The van der Waals surface area contributed by atoms with E-state index in [1.165, 1.54) is 0 Å². The molecule has 2 aromatic rings. The largest absolute Gasteiger partial charge is 0.356 e. The molecule has 1 amide bonds. The Balaban J connectivity index is 0.00000288. The second-order valence-electron chi connectivity index (χ2n) is 5.68. The third-order valence-electron chi connectivity index (χ3n) is 3.75. The molecule has 0 unspecified atom stereocenters. The number of halogens is 1. The van der Waals surface area contributed by atoms with E-state index in [4.69, 9.17) is 5.73 Å². The van der Waals surface area contributed by atoms with Crippen molar-refractivity contribution < 1.29 is 4.79 Å². The molecule has 5 nitrogen and oxygen atoms in total. The molecule has 0 aliphatic heterocycles. The highest BCUT2D eigenvalue weighted by Gasteiger charge is 2.03. The molecule has 0 saturated heterocycles. The first kappa shape index (κ1) is 20.2. The number of rotatable bonds is 10. The lowest BCUT2D eigenvalue weighted by Gasteiger charge is -2.04. The Hall–Kier alpha value is -1.85. The van der Waals surface area contributed by atoms with Gasteiger partial charge in [0, 0.05) is 19.2 Å². The molecule has 1 aromatic heterocycles. The Morgan fingerprint density at radius 1 is 1.12 bits per heavy atom. The minimum atomic E-state index is 0. The van der Waals surface area contributed by atoms with Gasteiger partial charge in [-0.3, -0.25) is 4.79 Å². The van der Waals surface area contributed by atoms with Crippen molar-refractivity contribution in [3.63, 3.8) is 0 Å². The number of aromatic nitrogens is 2. The van der Waals surface area contributed by atoms with E-state index in [-0.39, 0.29) is 18.3 Å². The molecule has 0 fully saturated rings. The summed E-state index contributed by atoms with van der Waals surface area (Å²) in [4.78, 5) is 11.7. The van der Waals surface area contributed by atoms with E-state index in [9.17, 15) is 4.79 Å². The summed E-state index contributed by atoms with van der Waals surface area (Å²) in [5, 5.41) is 7.33. The van der Waals surface area contributed by atoms with Gasteiger partial charge < -0.3 is 11.1 Å². The topological polar surface area (TPSA) is 72.9 Å². The summed E-state index contributed by atoms with van der Waals surface area (Å²) in [6.07, 6.45) is 9.45. The first-order valence-electron chi connectivity index (χ1n) is 8.35. The van der Waals surface area contributed by atoms with Gasteiger partial charge in [-0.2, -0.15) is 5.10 Å². The maximum atomic E-state index is 11.7. The van der Waals surface area contributed by atoms with Crippen LogP contribution >= 0.6 is 12.4 Å². The van der Waals surface area contributed by atoms with E-state index in [2.05, 4.69) is 10.4 Å². The minimum Gasteiger partial charge on any atom is -0.356 e. The Morgan fingerprint density at radius 2 is 1.88 bits per heavy atom. The standard InChI is InChI=1S/C18H26N4O.ClH/c19-12-7-2-1-6-10-18(23)20-13-11-16-14-21-22(15-16)17-8-4-3-5-9-17;/h3-5,8-9,14-15H,1-2,6-7,10-13,19H2,(H,20,23);1H. The first-order chi connectivity index (χ1) is 11.3. The molecule has 24 heavy (non-hydrogen) atoms. The molecule has 0 saturated carbocycles. The van der Waals surface area contributed by atoms with Gasteiger partial charge in [0.1, 0.15) is 0 Å². The number of benzene rings is 1. The summed E-state index contributed by atoms with van der Waals surface area (Å²) in [6, 6.07) is 10.0. The number of nitrogens with two attached hydrogens (primary N) is 1. The lowest BCUT2D eigenvalue weighted by molar-refractivity contribution is -0.121. The summed E-state index contributed by atoms with van der Waals surface area (Å²) < 4.78 is 1.86. The van der Waals surface area contributed by atoms with Gasteiger partial charge in [0.15, 0.2) is 0 Å². The summed E-state index contributed by atoms with van der Waals surface area (Å²) in [7, 11) is 0. The van der Waals surface area contributed by atoms with E-state index >= 15 is 0 Å². The van der Waals surface area contributed by atoms with Crippen molar-refractivity contribution in [3.05, 3.63) is 48.3 Å².